The number of ether oxygens (including phenoxy) is 1. The highest BCUT2D eigenvalue weighted by molar-refractivity contribution is 6.27. The number of anilines is 1. The third-order valence-corrected chi connectivity index (χ3v) is 4.42. The molecule has 8 heteroatoms. The molecule has 0 amide bonds. The fraction of sp³-hybridized carbons (Fsp3) is 0.348. The average molecular weight is 428 g/mol. The van der Waals surface area contributed by atoms with Crippen LogP contribution in [0.2, 0.25) is 0 Å². The first kappa shape index (κ1) is 23.7. The van der Waals surface area contributed by atoms with Crippen LogP contribution in [-0.4, -0.2) is 47.8 Å². The highest BCUT2D eigenvalue weighted by Gasteiger charge is 2.05. The number of benzene rings is 2. The van der Waals surface area contributed by atoms with Crippen molar-refractivity contribution in [2.75, 3.05) is 25.0 Å². The van der Waals surface area contributed by atoms with Gasteiger partial charge < -0.3 is 25.6 Å². The van der Waals surface area contributed by atoms with E-state index >= 15 is 0 Å². The predicted octanol–water partition coefficient (Wildman–Crippen LogP) is 3.37. The smallest absolute Gasteiger partial charge is 0.414 e. The second kappa shape index (κ2) is 12.9. The number of carboxylic acid groups (broad SMARTS) is 2. The average Bonchev–Trinajstić information content (AvgIpc) is 3.27. The summed E-state index contributed by atoms with van der Waals surface area (Å²) in [4.78, 5) is 22.5. The molecule has 2 aromatic carbocycles. The molecule has 0 unspecified atom stereocenters. The number of unbranched alkanes of at least 4 members (excludes halogenated alkanes) is 2. The molecule has 0 aromatic heterocycles. The van der Waals surface area contributed by atoms with Crippen LogP contribution in [0.1, 0.15) is 37.3 Å². The standard InChI is InChI=1S/C21H27N3O.C2H2O4/c1-2-3-4-15-25-20-11-7-18(8-12-20)16-17-5-9-19(10-6-17)24-21-22-13-14-23-21;3-1(4)2(5)6/h5-12H,2-4,13-16H2,1H3,(H2,22,23,24);(H,3,4)(H,5,6). The highest BCUT2D eigenvalue weighted by atomic mass is 16.5. The Morgan fingerprint density at radius 3 is 2.13 bits per heavy atom. The van der Waals surface area contributed by atoms with Crippen molar-refractivity contribution in [1.82, 2.24) is 5.32 Å². The maximum Gasteiger partial charge on any atom is 0.414 e. The summed E-state index contributed by atoms with van der Waals surface area (Å²) in [7, 11) is 0. The summed E-state index contributed by atoms with van der Waals surface area (Å²) in [6.07, 6.45) is 4.50. The molecule has 31 heavy (non-hydrogen) atoms. The van der Waals surface area contributed by atoms with Crippen molar-refractivity contribution >= 4 is 23.6 Å². The molecule has 2 aromatic rings. The second-order valence-corrected chi connectivity index (χ2v) is 6.97. The van der Waals surface area contributed by atoms with Crippen LogP contribution in [0.4, 0.5) is 5.69 Å². The second-order valence-electron chi connectivity index (χ2n) is 6.97. The molecular weight excluding hydrogens is 398 g/mol. The van der Waals surface area contributed by atoms with E-state index in [1.165, 1.54) is 24.0 Å². The Morgan fingerprint density at radius 1 is 1.00 bits per heavy atom. The minimum Gasteiger partial charge on any atom is -0.494 e. The predicted molar refractivity (Wildman–Crippen MR) is 120 cm³/mol. The van der Waals surface area contributed by atoms with Gasteiger partial charge in [0.05, 0.1) is 13.2 Å². The molecule has 1 aliphatic rings. The molecule has 166 valence electrons. The Labute approximate surface area is 182 Å². The van der Waals surface area contributed by atoms with E-state index in [9.17, 15) is 0 Å². The number of nitrogens with zero attached hydrogens (tertiary/aromatic N) is 1. The van der Waals surface area contributed by atoms with E-state index in [1.807, 2.05) is 0 Å². The topological polar surface area (TPSA) is 120 Å². The first-order chi connectivity index (χ1) is 15.0. The van der Waals surface area contributed by atoms with Gasteiger partial charge in [-0.3, -0.25) is 4.99 Å². The number of aliphatic imine (C=N–C) groups is 1. The first-order valence-corrected chi connectivity index (χ1v) is 10.3. The SMILES string of the molecule is CCCCCOc1ccc(Cc2ccc(NC3=NCCN3)cc2)cc1.O=C(O)C(=O)O. The summed E-state index contributed by atoms with van der Waals surface area (Å²) in [5.74, 6) is -1.82. The van der Waals surface area contributed by atoms with Crippen LogP contribution in [0, 0.1) is 0 Å². The van der Waals surface area contributed by atoms with E-state index in [4.69, 9.17) is 24.5 Å². The van der Waals surface area contributed by atoms with E-state index < -0.39 is 11.9 Å². The molecule has 0 spiro atoms. The number of hydrogen-bond acceptors (Lipinski definition) is 6. The summed E-state index contributed by atoms with van der Waals surface area (Å²) in [5.41, 5.74) is 3.65. The lowest BCUT2D eigenvalue weighted by Crippen LogP contribution is -2.26. The van der Waals surface area contributed by atoms with Gasteiger partial charge in [-0.25, -0.2) is 9.59 Å². The number of guanidine groups is 1. The Balaban J connectivity index is 0.000000501. The number of carboxylic acids is 2. The molecule has 0 fully saturated rings. The van der Waals surface area contributed by atoms with E-state index in [0.29, 0.717) is 0 Å². The van der Waals surface area contributed by atoms with Gasteiger partial charge >= 0.3 is 11.9 Å². The number of rotatable bonds is 8. The lowest BCUT2D eigenvalue weighted by molar-refractivity contribution is -0.159. The van der Waals surface area contributed by atoms with E-state index in [0.717, 1.165) is 49.9 Å². The molecule has 1 heterocycles. The minimum atomic E-state index is -1.82. The zero-order valence-electron chi connectivity index (χ0n) is 17.6. The molecule has 4 N–H and O–H groups in total. The Hall–Kier alpha value is -3.55. The number of hydrogen-bond donors (Lipinski definition) is 4. The van der Waals surface area contributed by atoms with Crippen LogP contribution < -0.4 is 15.4 Å². The zero-order chi connectivity index (χ0) is 22.5. The fourth-order valence-corrected chi connectivity index (χ4v) is 2.81. The maximum absolute atomic E-state index is 9.10. The van der Waals surface area contributed by atoms with Crippen molar-refractivity contribution in [3.05, 3.63) is 59.7 Å². The Kier molecular flexibility index (Phi) is 9.87. The monoisotopic (exact) mass is 427 g/mol. The molecule has 0 radical (unpaired) electrons. The van der Waals surface area contributed by atoms with Crippen molar-refractivity contribution < 1.29 is 24.5 Å². The van der Waals surface area contributed by atoms with Crippen LogP contribution in [0.15, 0.2) is 53.5 Å². The molecular formula is C23H29N3O5. The van der Waals surface area contributed by atoms with E-state index in [1.54, 1.807) is 0 Å². The van der Waals surface area contributed by atoms with Gasteiger partial charge in [-0.15, -0.1) is 0 Å². The minimum absolute atomic E-state index is 0.807. The van der Waals surface area contributed by atoms with Gasteiger partial charge in [0.2, 0.25) is 0 Å². The van der Waals surface area contributed by atoms with Crippen molar-refractivity contribution in [2.45, 2.75) is 32.6 Å². The van der Waals surface area contributed by atoms with Gasteiger partial charge in [0.1, 0.15) is 5.75 Å². The number of nitrogens with one attached hydrogen (secondary N) is 2. The quantitative estimate of drug-likeness (QED) is 0.376. The number of carbonyl (C=O) groups is 2. The fourth-order valence-electron chi connectivity index (χ4n) is 2.81. The molecule has 1 aliphatic heterocycles. The van der Waals surface area contributed by atoms with E-state index in [2.05, 4.69) is 71.1 Å². The molecule has 0 aliphatic carbocycles. The van der Waals surface area contributed by atoms with Crippen LogP contribution in [-0.2, 0) is 16.0 Å². The summed E-state index contributed by atoms with van der Waals surface area (Å²) >= 11 is 0. The van der Waals surface area contributed by atoms with Gasteiger partial charge in [-0.2, -0.15) is 0 Å². The lowest BCUT2D eigenvalue weighted by Gasteiger charge is -2.09. The summed E-state index contributed by atoms with van der Waals surface area (Å²) in [6, 6.07) is 17.0. The summed E-state index contributed by atoms with van der Waals surface area (Å²) in [6.45, 7) is 4.77. The molecule has 3 rings (SSSR count). The number of aliphatic carboxylic acids is 2. The Morgan fingerprint density at radius 2 is 1.61 bits per heavy atom. The summed E-state index contributed by atoms with van der Waals surface area (Å²) < 4.78 is 5.77. The molecule has 0 atom stereocenters. The third kappa shape index (κ3) is 9.20. The first-order valence-electron chi connectivity index (χ1n) is 10.3. The normalized spacial score (nSPS) is 12.1. The summed E-state index contributed by atoms with van der Waals surface area (Å²) in [5, 5.41) is 21.3. The van der Waals surface area contributed by atoms with Crippen molar-refractivity contribution in [3.63, 3.8) is 0 Å². The molecule has 8 nitrogen and oxygen atoms in total. The van der Waals surface area contributed by atoms with Gasteiger partial charge in [0.15, 0.2) is 5.96 Å². The van der Waals surface area contributed by atoms with Gasteiger partial charge in [0.25, 0.3) is 0 Å². The van der Waals surface area contributed by atoms with Gasteiger partial charge in [-0.05, 0) is 48.2 Å². The van der Waals surface area contributed by atoms with Gasteiger partial charge in [0, 0.05) is 12.2 Å². The van der Waals surface area contributed by atoms with Crippen molar-refractivity contribution in [2.24, 2.45) is 4.99 Å². The van der Waals surface area contributed by atoms with Crippen LogP contribution in [0.5, 0.6) is 5.75 Å². The van der Waals surface area contributed by atoms with Crippen LogP contribution in [0.25, 0.3) is 0 Å². The van der Waals surface area contributed by atoms with Gasteiger partial charge in [-0.1, -0.05) is 44.0 Å². The van der Waals surface area contributed by atoms with Crippen LogP contribution in [0.3, 0.4) is 0 Å². The maximum atomic E-state index is 9.10. The van der Waals surface area contributed by atoms with E-state index in [-0.39, 0.29) is 0 Å². The zero-order valence-corrected chi connectivity index (χ0v) is 17.6. The highest BCUT2D eigenvalue weighted by Crippen LogP contribution is 2.17. The third-order valence-electron chi connectivity index (χ3n) is 4.42. The molecule has 0 bridgehead atoms. The van der Waals surface area contributed by atoms with Crippen molar-refractivity contribution in [3.8, 4) is 5.75 Å². The Bertz CT molecular complexity index is 852. The lowest BCUT2D eigenvalue weighted by atomic mass is 10.0. The van der Waals surface area contributed by atoms with Crippen molar-refractivity contribution in [1.29, 1.82) is 0 Å². The largest absolute Gasteiger partial charge is 0.494 e. The van der Waals surface area contributed by atoms with Crippen LogP contribution >= 0.6 is 0 Å². The molecule has 0 saturated heterocycles. The molecule has 0 saturated carbocycles.